The van der Waals surface area contributed by atoms with Crippen molar-refractivity contribution in [2.24, 2.45) is 0 Å². The topological polar surface area (TPSA) is 69.4 Å². The van der Waals surface area contributed by atoms with Crippen LogP contribution in [0.25, 0.3) is 0 Å². The summed E-state index contributed by atoms with van der Waals surface area (Å²) in [6.45, 7) is 0. The Morgan fingerprint density at radius 2 is 1.52 bits per heavy atom. The second kappa shape index (κ2) is 8.43. The van der Waals surface area contributed by atoms with Crippen molar-refractivity contribution in [3.8, 4) is 11.5 Å². The van der Waals surface area contributed by atoms with Crippen LogP contribution < -0.4 is 4.74 Å². The molecule has 0 fully saturated rings. The van der Waals surface area contributed by atoms with Gasteiger partial charge in [0, 0.05) is 26.6 Å². The average Bonchev–Trinajstić information content (AvgIpc) is 2.65. The molecule has 3 aromatic rings. The Kier molecular flexibility index (Phi) is 6.01. The standard InChI is InChI=1S/C19H11Cl2NO4S/c20-13-2-6-15(7-3-13)26-18-10-1-12(11-17(18)22(24)25)19(23)27-16-8-4-14(21)5-9-16/h1-11H. The van der Waals surface area contributed by atoms with Crippen LogP contribution in [0.2, 0.25) is 10.0 Å². The highest BCUT2D eigenvalue weighted by Gasteiger charge is 2.20. The SMILES string of the molecule is O=C(Sc1ccc(Cl)cc1)c1ccc(Oc2ccc(Cl)cc2)c([N+](=O)[O-])c1. The predicted octanol–water partition coefficient (Wildman–Crippen LogP) is 6.63. The quantitative estimate of drug-likeness (QED) is 0.263. The van der Waals surface area contributed by atoms with E-state index in [2.05, 4.69) is 0 Å². The monoisotopic (exact) mass is 419 g/mol. The molecule has 0 unspecified atom stereocenters. The van der Waals surface area contributed by atoms with Crippen molar-refractivity contribution in [1.82, 2.24) is 0 Å². The summed E-state index contributed by atoms with van der Waals surface area (Å²) in [4.78, 5) is 23.9. The molecular formula is C19H11Cl2NO4S. The molecule has 0 radical (unpaired) electrons. The Bertz CT molecular complexity index is 992. The molecule has 0 spiro atoms. The first-order chi connectivity index (χ1) is 12.9. The summed E-state index contributed by atoms with van der Waals surface area (Å²) >= 11 is 12.6. The molecule has 3 aromatic carbocycles. The highest BCUT2D eigenvalue weighted by atomic mass is 35.5. The number of thioether (sulfide) groups is 1. The number of hydrogen-bond acceptors (Lipinski definition) is 5. The Morgan fingerprint density at radius 1 is 0.926 bits per heavy atom. The maximum Gasteiger partial charge on any atom is 0.312 e. The van der Waals surface area contributed by atoms with Gasteiger partial charge in [-0.3, -0.25) is 14.9 Å². The first-order valence-corrected chi connectivity index (χ1v) is 9.19. The van der Waals surface area contributed by atoms with Gasteiger partial charge in [0.25, 0.3) is 0 Å². The third-order valence-corrected chi connectivity index (χ3v) is 4.89. The molecule has 0 N–H and O–H groups in total. The Morgan fingerprint density at radius 3 is 2.11 bits per heavy atom. The van der Waals surface area contributed by atoms with Gasteiger partial charge in [-0.25, -0.2) is 0 Å². The number of carbonyl (C=O) groups is 1. The van der Waals surface area contributed by atoms with E-state index in [1.807, 2.05) is 0 Å². The molecule has 0 aliphatic rings. The summed E-state index contributed by atoms with van der Waals surface area (Å²) < 4.78 is 5.56. The van der Waals surface area contributed by atoms with Crippen LogP contribution in [0.4, 0.5) is 5.69 Å². The van der Waals surface area contributed by atoms with Crippen LogP contribution in [0.1, 0.15) is 10.4 Å². The van der Waals surface area contributed by atoms with Crippen molar-refractivity contribution in [3.05, 3.63) is 92.5 Å². The minimum absolute atomic E-state index is 0.0374. The van der Waals surface area contributed by atoms with E-state index in [0.717, 1.165) is 11.8 Å². The molecule has 0 saturated heterocycles. The van der Waals surface area contributed by atoms with Crippen molar-refractivity contribution in [2.75, 3.05) is 0 Å². The van der Waals surface area contributed by atoms with Gasteiger partial charge >= 0.3 is 5.69 Å². The molecule has 0 saturated carbocycles. The smallest absolute Gasteiger partial charge is 0.312 e. The molecular weight excluding hydrogens is 409 g/mol. The predicted molar refractivity (Wildman–Crippen MR) is 106 cm³/mol. The van der Waals surface area contributed by atoms with Crippen LogP contribution >= 0.6 is 35.0 Å². The van der Waals surface area contributed by atoms with Gasteiger partial charge in [0.05, 0.1) is 4.92 Å². The van der Waals surface area contributed by atoms with Crippen molar-refractivity contribution in [1.29, 1.82) is 0 Å². The second-order valence-electron chi connectivity index (χ2n) is 5.34. The molecule has 27 heavy (non-hydrogen) atoms. The normalized spacial score (nSPS) is 10.4. The van der Waals surface area contributed by atoms with Crippen molar-refractivity contribution >= 4 is 45.8 Å². The number of hydrogen-bond donors (Lipinski definition) is 0. The summed E-state index contributed by atoms with van der Waals surface area (Å²) in [5.41, 5.74) is -0.0994. The molecule has 0 aliphatic heterocycles. The van der Waals surface area contributed by atoms with Gasteiger partial charge in [-0.2, -0.15) is 0 Å². The molecule has 0 heterocycles. The fraction of sp³-hybridized carbons (Fsp3) is 0. The number of rotatable bonds is 5. The number of carbonyl (C=O) groups excluding carboxylic acids is 1. The fourth-order valence-electron chi connectivity index (χ4n) is 2.17. The highest BCUT2D eigenvalue weighted by molar-refractivity contribution is 8.14. The van der Waals surface area contributed by atoms with Crippen LogP contribution in [-0.4, -0.2) is 10.0 Å². The first-order valence-electron chi connectivity index (χ1n) is 7.62. The lowest BCUT2D eigenvalue weighted by Gasteiger charge is -2.08. The van der Waals surface area contributed by atoms with Crippen molar-refractivity contribution in [3.63, 3.8) is 0 Å². The summed E-state index contributed by atoms with van der Waals surface area (Å²) in [5, 5.41) is 12.2. The maximum absolute atomic E-state index is 12.4. The van der Waals surface area contributed by atoms with E-state index in [4.69, 9.17) is 27.9 Å². The molecule has 0 aromatic heterocycles. The zero-order chi connectivity index (χ0) is 19.4. The fourth-order valence-corrected chi connectivity index (χ4v) is 3.15. The summed E-state index contributed by atoms with van der Waals surface area (Å²) in [5.74, 6) is 0.437. The Labute approximate surface area is 169 Å². The van der Waals surface area contributed by atoms with Gasteiger partial charge in [0.15, 0.2) is 0 Å². The zero-order valence-corrected chi connectivity index (χ0v) is 15.9. The zero-order valence-electron chi connectivity index (χ0n) is 13.6. The molecule has 0 atom stereocenters. The van der Waals surface area contributed by atoms with Crippen LogP contribution in [0.3, 0.4) is 0 Å². The molecule has 8 heteroatoms. The van der Waals surface area contributed by atoms with Crippen molar-refractivity contribution in [2.45, 2.75) is 4.90 Å². The van der Waals surface area contributed by atoms with Gasteiger partial charge in [-0.05, 0) is 72.4 Å². The number of nitrogens with zero attached hydrogens (tertiary/aromatic N) is 1. The van der Waals surface area contributed by atoms with E-state index in [1.54, 1.807) is 48.5 Å². The lowest BCUT2D eigenvalue weighted by molar-refractivity contribution is -0.385. The summed E-state index contributed by atoms with van der Waals surface area (Å²) in [7, 11) is 0. The third kappa shape index (κ3) is 5.01. The van der Waals surface area contributed by atoms with Gasteiger partial charge in [-0.15, -0.1) is 0 Å². The lowest BCUT2D eigenvalue weighted by Crippen LogP contribution is -1.98. The van der Waals surface area contributed by atoms with Gasteiger partial charge in [0.2, 0.25) is 10.9 Å². The number of halogens is 2. The second-order valence-corrected chi connectivity index (χ2v) is 7.26. The molecule has 0 bridgehead atoms. The minimum Gasteiger partial charge on any atom is -0.450 e. The third-order valence-electron chi connectivity index (χ3n) is 3.46. The molecule has 136 valence electrons. The lowest BCUT2D eigenvalue weighted by atomic mass is 10.2. The first kappa shape index (κ1) is 19.2. The summed E-state index contributed by atoms with van der Waals surface area (Å²) in [6, 6.07) is 17.3. The van der Waals surface area contributed by atoms with Gasteiger partial charge < -0.3 is 4.74 Å². The number of nitro groups is 1. The van der Waals surface area contributed by atoms with Gasteiger partial charge in [-0.1, -0.05) is 23.2 Å². The maximum atomic E-state index is 12.4. The van der Waals surface area contributed by atoms with Crippen LogP contribution in [0, 0.1) is 10.1 Å². The molecule has 3 rings (SSSR count). The van der Waals surface area contributed by atoms with E-state index in [-0.39, 0.29) is 22.1 Å². The molecule has 0 amide bonds. The number of ether oxygens (including phenoxy) is 1. The van der Waals surface area contributed by atoms with E-state index in [9.17, 15) is 14.9 Å². The molecule has 5 nitrogen and oxygen atoms in total. The number of benzene rings is 3. The van der Waals surface area contributed by atoms with E-state index in [0.29, 0.717) is 20.7 Å². The Balaban J connectivity index is 1.84. The average molecular weight is 420 g/mol. The highest BCUT2D eigenvalue weighted by Crippen LogP contribution is 2.34. The largest absolute Gasteiger partial charge is 0.450 e. The van der Waals surface area contributed by atoms with Crippen molar-refractivity contribution < 1.29 is 14.5 Å². The van der Waals surface area contributed by atoms with Crippen LogP contribution in [-0.2, 0) is 0 Å². The van der Waals surface area contributed by atoms with E-state index >= 15 is 0 Å². The Hall–Kier alpha value is -2.54. The minimum atomic E-state index is -0.588. The van der Waals surface area contributed by atoms with Crippen LogP contribution in [0.15, 0.2) is 71.6 Å². The summed E-state index contributed by atoms with van der Waals surface area (Å²) in [6.07, 6.45) is 0. The van der Waals surface area contributed by atoms with E-state index < -0.39 is 4.92 Å². The molecule has 0 aliphatic carbocycles. The van der Waals surface area contributed by atoms with Crippen LogP contribution in [0.5, 0.6) is 11.5 Å². The van der Waals surface area contributed by atoms with Gasteiger partial charge in [0.1, 0.15) is 5.75 Å². The number of nitro benzene ring substituents is 1. The van der Waals surface area contributed by atoms with E-state index in [1.165, 1.54) is 18.2 Å².